The summed E-state index contributed by atoms with van der Waals surface area (Å²) in [5.74, 6) is 2.35. The van der Waals surface area contributed by atoms with Crippen molar-refractivity contribution in [2.75, 3.05) is 23.9 Å². The number of nitrogens with zero attached hydrogens (tertiary/aromatic N) is 3. The number of rotatable bonds is 8. The second kappa shape index (κ2) is 8.43. The standard InChI is InChI=1S/C18H23N3O4S2/c1-3-25-15-6-4-14(5-7-15)16(22)11-26-18-20-19-17(21(18)2)10-13-8-9-27(23,24)12-13/h4-7,13H,3,8-12H2,1-2H3/t13-/m1/s1. The number of carbonyl (C=O) groups is 1. The molecule has 0 bridgehead atoms. The molecule has 0 N–H and O–H groups in total. The van der Waals surface area contributed by atoms with Crippen LogP contribution in [0.5, 0.6) is 5.75 Å². The number of benzene rings is 1. The van der Waals surface area contributed by atoms with Gasteiger partial charge in [-0.05, 0) is 43.5 Å². The number of hydrogen-bond donors (Lipinski definition) is 0. The lowest BCUT2D eigenvalue weighted by atomic mass is 10.1. The Kier molecular flexibility index (Phi) is 6.21. The van der Waals surface area contributed by atoms with Crippen LogP contribution in [0.3, 0.4) is 0 Å². The van der Waals surface area contributed by atoms with Crippen LogP contribution in [0.4, 0.5) is 0 Å². The van der Waals surface area contributed by atoms with Gasteiger partial charge < -0.3 is 9.30 Å². The largest absolute Gasteiger partial charge is 0.494 e. The molecule has 0 saturated carbocycles. The molecule has 146 valence electrons. The summed E-state index contributed by atoms with van der Waals surface area (Å²) in [6, 6.07) is 7.10. The summed E-state index contributed by atoms with van der Waals surface area (Å²) in [6.07, 6.45) is 1.27. The minimum absolute atomic E-state index is 0.00878. The zero-order valence-corrected chi connectivity index (χ0v) is 17.1. The van der Waals surface area contributed by atoms with Crippen LogP contribution in [0.1, 0.15) is 29.5 Å². The summed E-state index contributed by atoms with van der Waals surface area (Å²) in [4.78, 5) is 12.4. The van der Waals surface area contributed by atoms with Gasteiger partial charge in [0.05, 0.1) is 23.9 Å². The Morgan fingerprint density at radius 2 is 2.04 bits per heavy atom. The molecule has 1 aromatic heterocycles. The number of Topliss-reactive ketones (excluding diaryl/α,β-unsaturated/α-hetero) is 1. The van der Waals surface area contributed by atoms with E-state index in [1.165, 1.54) is 11.8 Å². The molecule has 0 aliphatic carbocycles. The Morgan fingerprint density at radius 3 is 2.67 bits per heavy atom. The van der Waals surface area contributed by atoms with Gasteiger partial charge in [0.1, 0.15) is 11.6 Å². The van der Waals surface area contributed by atoms with Crippen LogP contribution in [0.2, 0.25) is 0 Å². The highest BCUT2D eigenvalue weighted by Crippen LogP contribution is 2.24. The summed E-state index contributed by atoms with van der Waals surface area (Å²) < 4.78 is 30.4. The van der Waals surface area contributed by atoms with Gasteiger partial charge in [0, 0.05) is 19.0 Å². The smallest absolute Gasteiger partial charge is 0.191 e. The fourth-order valence-corrected chi connectivity index (χ4v) is 5.74. The van der Waals surface area contributed by atoms with Crippen molar-refractivity contribution in [3.8, 4) is 5.75 Å². The van der Waals surface area contributed by atoms with Crippen molar-refractivity contribution in [3.63, 3.8) is 0 Å². The Morgan fingerprint density at radius 1 is 1.30 bits per heavy atom. The fraction of sp³-hybridized carbons (Fsp3) is 0.500. The van der Waals surface area contributed by atoms with Crippen molar-refractivity contribution >= 4 is 27.4 Å². The van der Waals surface area contributed by atoms with Crippen LogP contribution in [0.25, 0.3) is 0 Å². The number of aromatic nitrogens is 3. The quantitative estimate of drug-likeness (QED) is 0.487. The van der Waals surface area contributed by atoms with Crippen molar-refractivity contribution in [2.24, 2.45) is 13.0 Å². The topological polar surface area (TPSA) is 91.2 Å². The maximum absolute atomic E-state index is 12.4. The lowest BCUT2D eigenvalue weighted by molar-refractivity contribution is 0.102. The first-order chi connectivity index (χ1) is 12.9. The van der Waals surface area contributed by atoms with Crippen molar-refractivity contribution < 1.29 is 17.9 Å². The Bertz CT molecular complexity index is 907. The molecule has 7 nitrogen and oxygen atoms in total. The first-order valence-electron chi connectivity index (χ1n) is 8.85. The summed E-state index contributed by atoms with van der Waals surface area (Å²) >= 11 is 1.33. The first-order valence-corrected chi connectivity index (χ1v) is 11.7. The molecule has 0 spiro atoms. The summed E-state index contributed by atoms with van der Waals surface area (Å²) in [5.41, 5.74) is 0.629. The molecule has 1 aromatic carbocycles. The van der Waals surface area contributed by atoms with Crippen molar-refractivity contribution in [2.45, 2.75) is 24.9 Å². The molecule has 27 heavy (non-hydrogen) atoms. The third-order valence-electron chi connectivity index (χ3n) is 4.54. The van der Waals surface area contributed by atoms with Crippen LogP contribution < -0.4 is 4.74 Å². The zero-order valence-electron chi connectivity index (χ0n) is 15.4. The van der Waals surface area contributed by atoms with E-state index in [4.69, 9.17) is 4.74 Å². The lowest BCUT2D eigenvalue weighted by Gasteiger charge is -2.07. The van der Waals surface area contributed by atoms with E-state index >= 15 is 0 Å². The molecule has 9 heteroatoms. The number of thioether (sulfide) groups is 1. The van der Waals surface area contributed by atoms with Crippen LogP contribution in [0, 0.1) is 5.92 Å². The van der Waals surface area contributed by atoms with Crippen LogP contribution in [0.15, 0.2) is 29.4 Å². The molecule has 3 rings (SSSR count). The average molecular weight is 410 g/mol. The van der Waals surface area contributed by atoms with E-state index in [0.717, 1.165) is 11.6 Å². The second-order valence-electron chi connectivity index (χ2n) is 6.60. The van der Waals surface area contributed by atoms with Gasteiger partial charge in [-0.3, -0.25) is 4.79 Å². The van der Waals surface area contributed by atoms with Gasteiger partial charge in [-0.1, -0.05) is 11.8 Å². The van der Waals surface area contributed by atoms with Crippen LogP contribution >= 0.6 is 11.8 Å². The van der Waals surface area contributed by atoms with E-state index in [-0.39, 0.29) is 29.0 Å². The predicted octanol–water partition coefficient (Wildman–Crippen LogP) is 2.17. The van der Waals surface area contributed by atoms with Gasteiger partial charge in [-0.15, -0.1) is 10.2 Å². The van der Waals surface area contributed by atoms with E-state index in [1.807, 2.05) is 18.5 Å². The molecule has 1 fully saturated rings. The third kappa shape index (κ3) is 5.10. The number of ketones is 1. The zero-order chi connectivity index (χ0) is 19.4. The number of ether oxygens (including phenoxy) is 1. The normalized spacial score (nSPS) is 18.5. The SMILES string of the molecule is CCOc1ccc(C(=O)CSc2nnc(C[C@H]3CCS(=O)(=O)C3)n2C)cc1. The highest BCUT2D eigenvalue weighted by atomic mass is 32.2. The van der Waals surface area contributed by atoms with Crippen LogP contribution in [-0.4, -0.2) is 52.8 Å². The van der Waals surface area contributed by atoms with E-state index in [0.29, 0.717) is 30.2 Å². The molecule has 0 radical (unpaired) electrons. The van der Waals surface area contributed by atoms with Crippen molar-refractivity contribution in [1.82, 2.24) is 14.8 Å². The maximum atomic E-state index is 12.4. The minimum atomic E-state index is -2.90. The minimum Gasteiger partial charge on any atom is -0.494 e. The van der Waals surface area contributed by atoms with Gasteiger partial charge in [0.25, 0.3) is 0 Å². The molecule has 1 saturated heterocycles. The van der Waals surface area contributed by atoms with Gasteiger partial charge in [0.15, 0.2) is 20.8 Å². The Balaban J connectivity index is 1.56. The van der Waals surface area contributed by atoms with Gasteiger partial charge in [-0.25, -0.2) is 8.42 Å². The molecule has 2 heterocycles. The van der Waals surface area contributed by atoms with E-state index in [1.54, 1.807) is 24.3 Å². The highest BCUT2D eigenvalue weighted by molar-refractivity contribution is 7.99. The molecular formula is C18H23N3O4S2. The fourth-order valence-electron chi connectivity index (χ4n) is 3.06. The Labute approximate surface area is 163 Å². The molecule has 1 aliphatic rings. The third-order valence-corrected chi connectivity index (χ3v) is 7.40. The van der Waals surface area contributed by atoms with E-state index in [9.17, 15) is 13.2 Å². The van der Waals surface area contributed by atoms with Gasteiger partial charge >= 0.3 is 0 Å². The number of sulfone groups is 1. The molecular weight excluding hydrogens is 386 g/mol. The summed E-state index contributed by atoms with van der Waals surface area (Å²) in [5, 5.41) is 8.99. The molecule has 0 unspecified atom stereocenters. The van der Waals surface area contributed by atoms with Gasteiger partial charge in [0.2, 0.25) is 0 Å². The molecule has 2 aromatic rings. The van der Waals surface area contributed by atoms with Crippen LogP contribution in [-0.2, 0) is 23.3 Å². The van der Waals surface area contributed by atoms with E-state index in [2.05, 4.69) is 10.2 Å². The second-order valence-corrected chi connectivity index (χ2v) is 9.77. The summed E-state index contributed by atoms with van der Waals surface area (Å²) in [6.45, 7) is 2.50. The monoisotopic (exact) mass is 409 g/mol. The number of hydrogen-bond acceptors (Lipinski definition) is 7. The highest BCUT2D eigenvalue weighted by Gasteiger charge is 2.29. The molecule has 1 aliphatic heterocycles. The first kappa shape index (κ1) is 19.9. The number of carbonyl (C=O) groups excluding carboxylic acids is 1. The van der Waals surface area contributed by atoms with Gasteiger partial charge in [-0.2, -0.15) is 0 Å². The predicted molar refractivity (Wildman–Crippen MR) is 104 cm³/mol. The lowest BCUT2D eigenvalue weighted by Crippen LogP contribution is -2.11. The average Bonchev–Trinajstić information content (AvgIpc) is 3.16. The Hall–Kier alpha value is -1.87. The van der Waals surface area contributed by atoms with Crippen molar-refractivity contribution in [1.29, 1.82) is 0 Å². The molecule has 0 amide bonds. The summed E-state index contributed by atoms with van der Waals surface area (Å²) in [7, 11) is -1.05. The van der Waals surface area contributed by atoms with Crippen molar-refractivity contribution in [3.05, 3.63) is 35.7 Å². The molecule has 1 atom stereocenters. The van der Waals surface area contributed by atoms with E-state index < -0.39 is 9.84 Å². The maximum Gasteiger partial charge on any atom is 0.191 e.